The van der Waals surface area contributed by atoms with E-state index in [1.54, 1.807) is 13.0 Å². The molecule has 0 aliphatic heterocycles. The molecular formula is C14H11F4N5O. The number of anilines is 2. The molecule has 1 unspecified atom stereocenters. The molecule has 0 spiro atoms. The number of hydrogen-bond acceptors (Lipinski definition) is 6. The van der Waals surface area contributed by atoms with Crippen molar-refractivity contribution < 1.29 is 22.0 Å². The van der Waals surface area contributed by atoms with E-state index in [4.69, 9.17) is 10.2 Å². The molecule has 24 heavy (non-hydrogen) atoms. The van der Waals surface area contributed by atoms with Crippen LogP contribution >= 0.6 is 0 Å². The van der Waals surface area contributed by atoms with Crippen LogP contribution in [-0.4, -0.2) is 15.0 Å². The number of fused-ring (bicyclic) bond motifs is 1. The average Bonchev–Trinajstić information content (AvgIpc) is 2.88. The van der Waals surface area contributed by atoms with Gasteiger partial charge in [0.25, 0.3) is 0 Å². The van der Waals surface area contributed by atoms with Crippen LogP contribution in [0, 0.1) is 5.82 Å². The second kappa shape index (κ2) is 5.62. The first-order valence-corrected chi connectivity index (χ1v) is 6.76. The molecule has 0 bridgehead atoms. The van der Waals surface area contributed by atoms with E-state index in [0.29, 0.717) is 16.7 Å². The van der Waals surface area contributed by atoms with E-state index in [-0.39, 0.29) is 5.95 Å². The molecule has 3 rings (SSSR count). The van der Waals surface area contributed by atoms with Crippen molar-refractivity contribution in [3.63, 3.8) is 0 Å². The third-order valence-corrected chi connectivity index (χ3v) is 3.18. The summed E-state index contributed by atoms with van der Waals surface area (Å²) in [4.78, 5) is 9.98. The number of alkyl halides is 3. The molecule has 6 nitrogen and oxygen atoms in total. The number of nitrogen functional groups attached to an aromatic ring is 1. The van der Waals surface area contributed by atoms with Crippen molar-refractivity contribution in [1.29, 1.82) is 0 Å². The second-order valence-electron chi connectivity index (χ2n) is 5.04. The van der Waals surface area contributed by atoms with Gasteiger partial charge in [-0.1, -0.05) is 0 Å². The molecule has 2 heterocycles. The predicted molar refractivity (Wildman–Crippen MR) is 77.5 cm³/mol. The van der Waals surface area contributed by atoms with Crippen LogP contribution in [0.15, 0.2) is 28.7 Å². The summed E-state index contributed by atoms with van der Waals surface area (Å²) in [5.74, 6) is -2.36. The molecule has 126 valence electrons. The lowest BCUT2D eigenvalue weighted by molar-refractivity contribution is -0.144. The normalized spacial score (nSPS) is 13.2. The lowest BCUT2D eigenvalue weighted by Gasteiger charge is -2.13. The summed E-state index contributed by atoms with van der Waals surface area (Å²) in [6.45, 7) is 1.63. The lowest BCUT2D eigenvalue weighted by atomic mass is 10.2. The molecule has 1 atom stereocenters. The number of nitrogens with one attached hydrogen (secondary N) is 1. The molecule has 0 amide bonds. The molecule has 0 radical (unpaired) electrons. The van der Waals surface area contributed by atoms with Crippen molar-refractivity contribution in [2.24, 2.45) is 0 Å². The standard InChI is InChI=1S/C14H11F4N5O/c1-6(9-4-7-2-3-8(15)5-10(7)24-9)20-13-22-11(14(16,17)18)21-12(19)23-13/h2-6H,1H3,(H3,19,20,21,22,23). The number of furan rings is 1. The van der Waals surface area contributed by atoms with Crippen LogP contribution in [0.3, 0.4) is 0 Å². The molecule has 2 aromatic heterocycles. The highest BCUT2D eigenvalue weighted by Gasteiger charge is 2.35. The predicted octanol–water partition coefficient (Wildman–Crippen LogP) is 3.53. The van der Waals surface area contributed by atoms with Crippen molar-refractivity contribution in [3.05, 3.63) is 41.7 Å². The van der Waals surface area contributed by atoms with Gasteiger partial charge >= 0.3 is 6.18 Å². The molecule has 3 N–H and O–H groups in total. The molecule has 1 aromatic carbocycles. The lowest BCUT2D eigenvalue weighted by Crippen LogP contribution is -2.17. The van der Waals surface area contributed by atoms with Crippen LogP contribution < -0.4 is 11.1 Å². The first-order chi connectivity index (χ1) is 11.2. The highest BCUT2D eigenvalue weighted by atomic mass is 19.4. The van der Waals surface area contributed by atoms with Crippen LogP contribution in [0.25, 0.3) is 11.0 Å². The maximum atomic E-state index is 13.2. The van der Waals surface area contributed by atoms with Gasteiger partial charge in [-0.05, 0) is 25.1 Å². The Morgan fingerprint density at radius 1 is 1.17 bits per heavy atom. The number of benzene rings is 1. The molecule has 0 aliphatic rings. The number of aromatic nitrogens is 3. The van der Waals surface area contributed by atoms with Crippen LogP contribution in [-0.2, 0) is 6.18 Å². The van der Waals surface area contributed by atoms with Crippen LogP contribution in [0.5, 0.6) is 0 Å². The van der Waals surface area contributed by atoms with E-state index in [2.05, 4.69) is 20.3 Å². The number of nitrogens with zero attached hydrogens (tertiary/aromatic N) is 3. The van der Waals surface area contributed by atoms with Gasteiger partial charge in [0.05, 0.1) is 6.04 Å². The zero-order valence-electron chi connectivity index (χ0n) is 12.2. The summed E-state index contributed by atoms with van der Waals surface area (Å²) in [6, 6.07) is 5.09. The number of nitrogens with two attached hydrogens (primary N) is 1. The van der Waals surface area contributed by atoms with Gasteiger partial charge in [-0.2, -0.15) is 28.1 Å². The Labute approximate surface area is 132 Å². The fraction of sp³-hybridized carbons (Fsp3) is 0.214. The van der Waals surface area contributed by atoms with Gasteiger partial charge in [-0.25, -0.2) is 4.39 Å². The topological polar surface area (TPSA) is 89.9 Å². The summed E-state index contributed by atoms with van der Waals surface area (Å²) < 4.78 is 56.7. The molecule has 10 heteroatoms. The monoisotopic (exact) mass is 341 g/mol. The Bertz CT molecular complexity index is 892. The Kier molecular flexibility index (Phi) is 3.74. The van der Waals surface area contributed by atoms with Crippen molar-refractivity contribution in [3.8, 4) is 0 Å². The van der Waals surface area contributed by atoms with E-state index in [0.717, 1.165) is 0 Å². The van der Waals surface area contributed by atoms with Gasteiger partial charge < -0.3 is 15.5 Å². The highest BCUT2D eigenvalue weighted by molar-refractivity contribution is 5.78. The first kappa shape index (κ1) is 16.0. The maximum absolute atomic E-state index is 13.2. The summed E-state index contributed by atoms with van der Waals surface area (Å²) in [5, 5.41) is 3.32. The van der Waals surface area contributed by atoms with Gasteiger partial charge in [0.2, 0.25) is 17.7 Å². The molecular weight excluding hydrogens is 330 g/mol. The molecule has 0 saturated heterocycles. The van der Waals surface area contributed by atoms with Gasteiger partial charge in [0, 0.05) is 11.5 Å². The summed E-state index contributed by atoms with van der Waals surface area (Å²) in [6.07, 6.45) is -4.74. The molecule has 3 aromatic rings. The third kappa shape index (κ3) is 3.21. The van der Waals surface area contributed by atoms with E-state index in [1.165, 1.54) is 18.2 Å². The van der Waals surface area contributed by atoms with Gasteiger partial charge in [0.15, 0.2) is 0 Å². The Hall–Kier alpha value is -2.91. The van der Waals surface area contributed by atoms with Crippen LogP contribution in [0.2, 0.25) is 0 Å². The Balaban J connectivity index is 1.88. The van der Waals surface area contributed by atoms with E-state index in [1.807, 2.05) is 0 Å². The Morgan fingerprint density at radius 2 is 1.92 bits per heavy atom. The largest absolute Gasteiger partial charge is 0.459 e. The van der Waals surface area contributed by atoms with E-state index < -0.39 is 29.8 Å². The molecule has 0 saturated carbocycles. The summed E-state index contributed by atoms with van der Waals surface area (Å²) in [5.41, 5.74) is 5.60. The Morgan fingerprint density at radius 3 is 2.62 bits per heavy atom. The minimum absolute atomic E-state index is 0.324. The van der Waals surface area contributed by atoms with E-state index in [9.17, 15) is 17.6 Å². The SMILES string of the molecule is CC(Nc1nc(N)nc(C(F)(F)F)n1)c1cc2ccc(F)cc2o1. The molecule has 0 fully saturated rings. The summed E-state index contributed by atoms with van der Waals surface area (Å²) >= 11 is 0. The number of hydrogen-bond donors (Lipinski definition) is 2. The van der Waals surface area contributed by atoms with Crippen molar-refractivity contribution in [1.82, 2.24) is 15.0 Å². The average molecular weight is 341 g/mol. The second-order valence-corrected chi connectivity index (χ2v) is 5.04. The number of rotatable bonds is 3. The fourth-order valence-electron chi connectivity index (χ4n) is 2.09. The quantitative estimate of drug-likeness (QED) is 0.708. The minimum atomic E-state index is -4.74. The molecule has 0 aliphatic carbocycles. The van der Waals surface area contributed by atoms with Crippen molar-refractivity contribution >= 4 is 22.9 Å². The summed E-state index contributed by atoms with van der Waals surface area (Å²) in [7, 11) is 0. The van der Waals surface area contributed by atoms with Gasteiger partial charge in [-0.15, -0.1) is 0 Å². The van der Waals surface area contributed by atoms with Crippen LogP contribution in [0.1, 0.15) is 24.6 Å². The highest BCUT2D eigenvalue weighted by Crippen LogP contribution is 2.29. The zero-order valence-corrected chi connectivity index (χ0v) is 12.2. The van der Waals surface area contributed by atoms with Gasteiger partial charge in [-0.3, -0.25) is 0 Å². The smallest absolute Gasteiger partial charge is 0.451 e. The van der Waals surface area contributed by atoms with Crippen molar-refractivity contribution in [2.45, 2.75) is 19.1 Å². The first-order valence-electron chi connectivity index (χ1n) is 6.76. The third-order valence-electron chi connectivity index (χ3n) is 3.18. The number of halogens is 4. The van der Waals surface area contributed by atoms with Crippen molar-refractivity contribution in [2.75, 3.05) is 11.1 Å². The fourth-order valence-corrected chi connectivity index (χ4v) is 2.09. The van der Waals surface area contributed by atoms with Gasteiger partial charge in [0.1, 0.15) is 17.2 Å². The van der Waals surface area contributed by atoms with Crippen LogP contribution in [0.4, 0.5) is 29.5 Å². The maximum Gasteiger partial charge on any atom is 0.451 e. The van der Waals surface area contributed by atoms with E-state index >= 15 is 0 Å². The minimum Gasteiger partial charge on any atom is -0.459 e. The zero-order chi connectivity index (χ0) is 17.5.